The van der Waals surface area contributed by atoms with Crippen molar-refractivity contribution in [1.29, 1.82) is 0 Å². The first kappa shape index (κ1) is 21.7. The predicted molar refractivity (Wildman–Crippen MR) is 114 cm³/mol. The second-order valence-electron chi connectivity index (χ2n) is 7.89. The Morgan fingerprint density at radius 1 is 1.07 bits per heavy atom. The summed E-state index contributed by atoms with van der Waals surface area (Å²) in [6.07, 6.45) is -0.491. The zero-order chi connectivity index (χ0) is 20.6. The Hall–Kier alpha value is -1.99. The predicted octanol–water partition coefficient (Wildman–Crippen LogP) is 2.41. The van der Waals surface area contributed by atoms with Gasteiger partial charge in [0.1, 0.15) is 24.3 Å². The minimum atomic E-state index is -0.491. The van der Waals surface area contributed by atoms with Gasteiger partial charge in [-0.25, -0.2) is 4.39 Å². The molecule has 158 valence electrons. The number of aliphatic hydroxyl groups is 1. The van der Waals surface area contributed by atoms with Gasteiger partial charge in [-0.15, -0.1) is 0 Å². The number of aliphatic hydroxyl groups excluding tert-OH is 1. The summed E-state index contributed by atoms with van der Waals surface area (Å²) in [7, 11) is 2.12. The maximum atomic E-state index is 13.4. The van der Waals surface area contributed by atoms with Crippen molar-refractivity contribution in [2.75, 3.05) is 46.4 Å². The third-order valence-corrected chi connectivity index (χ3v) is 5.39. The number of nitrogens with one attached hydrogen (secondary N) is 1. The summed E-state index contributed by atoms with van der Waals surface area (Å²) < 4.78 is 19.1. The van der Waals surface area contributed by atoms with Crippen molar-refractivity contribution in [1.82, 2.24) is 15.1 Å². The largest absolute Gasteiger partial charge is 0.491 e. The van der Waals surface area contributed by atoms with E-state index in [1.165, 1.54) is 6.07 Å². The lowest BCUT2D eigenvalue weighted by Gasteiger charge is -2.33. The van der Waals surface area contributed by atoms with Gasteiger partial charge in [0.05, 0.1) is 0 Å². The van der Waals surface area contributed by atoms with Crippen LogP contribution in [-0.4, -0.2) is 67.4 Å². The fourth-order valence-electron chi connectivity index (χ4n) is 3.45. The van der Waals surface area contributed by atoms with Gasteiger partial charge in [-0.1, -0.05) is 18.2 Å². The summed E-state index contributed by atoms with van der Waals surface area (Å²) in [6, 6.07) is 12.7. The Kier molecular flexibility index (Phi) is 8.00. The first-order chi connectivity index (χ1) is 14.0. The molecule has 5 nitrogen and oxygen atoms in total. The highest BCUT2D eigenvalue weighted by molar-refractivity contribution is 5.28. The molecular formula is C23H32FN3O2. The number of likely N-dealkylation sites (N-methyl/N-ethyl adjacent to an activating group) is 1. The Labute approximate surface area is 173 Å². The molecule has 0 bridgehead atoms. The van der Waals surface area contributed by atoms with Gasteiger partial charge in [0, 0.05) is 45.8 Å². The Bertz CT molecular complexity index is 761. The van der Waals surface area contributed by atoms with Crippen molar-refractivity contribution >= 4 is 0 Å². The number of benzene rings is 2. The molecule has 1 saturated heterocycles. The second-order valence-corrected chi connectivity index (χ2v) is 7.89. The smallest absolute Gasteiger partial charge is 0.123 e. The maximum Gasteiger partial charge on any atom is 0.123 e. The highest BCUT2D eigenvalue weighted by atomic mass is 19.1. The summed E-state index contributed by atoms with van der Waals surface area (Å²) in [6.45, 7) is 8.32. The van der Waals surface area contributed by atoms with Crippen LogP contribution in [-0.2, 0) is 13.1 Å². The molecule has 1 aliphatic heterocycles. The number of halogens is 1. The first-order valence-corrected chi connectivity index (χ1v) is 10.3. The highest BCUT2D eigenvalue weighted by Gasteiger charge is 2.17. The summed E-state index contributed by atoms with van der Waals surface area (Å²) in [5, 5.41) is 13.6. The van der Waals surface area contributed by atoms with Crippen LogP contribution < -0.4 is 10.1 Å². The summed E-state index contributed by atoms with van der Waals surface area (Å²) in [5.41, 5.74) is 3.18. The molecule has 1 aliphatic rings. The lowest BCUT2D eigenvalue weighted by Crippen LogP contribution is -2.47. The molecule has 2 aromatic carbocycles. The van der Waals surface area contributed by atoms with Gasteiger partial charge in [-0.05, 0) is 54.9 Å². The molecule has 0 spiro atoms. The number of β-amino-alcohol motifs (C(OH)–C–C–N with tert-alkyl or cyclic N) is 1. The third-order valence-electron chi connectivity index (χ3n) is 5.39. The van der Waals surface area contributed by atoms with E-state index in [4.69, 9.17) is 4.74 Å². The van der Waals surface area contributed by atoms with E-state index in [1.54, 1.807) is 12.1 Å². The molecule has 1 unspecified atom stereocenters. The Morgan fingerprint density at radius 3 is 2.52 bits per heavy atom. The van der Waals surface area contributed by atoms with Crippen molar-refractivity contribution in [3.63, 3.8) is 0 Å². The number of hydrogen-bond acceptors (Lipinski definition) is 5. The number of nitrogens with zero attached hydrogens (tertiary/aromatic N) is 2. The van der Waals surface area contributed by atoms with Gasteiger partial charge >= 0.3 is 0 Å². The Balaban J connectivity index is 1.37. The quantitative estimate of drug-likeness (QED) is 0.676. The molecule has 0 aliphatic carbocycles. The topological polar surface area (TPSA) is 48.0 Å². The standard InChI is InChI=1S/C23H32FN3O2/c1-18-3-6-21(24)13-20(18)15-25-14-19-4-7-23(8-5-19)29-17-22(28)16-27-11-9-26(2)10-12-27/h3-8,13,22,25,28H,9-12,14-17H2,1-2H3. The molecule has 1 atom stereocenters. The van der Waals surface area contributed by atoms with E-state index in [9.17, 15) is 9.50 Å². The van der Waals surface area contributed by atoms with Crippen molar-refractivity contribution < 1.29 is 14.2 Å². The molecule has 0 aromatic heterocycles. The molecule has 0 amide bonds. The van der Waals surface area contributed by atoms with Gasteiger partial charge in [-0.3, -0.25) is 4.90 Å². The molecule has 1 heterocycles. The normalized spacial score (nSPS) is 16.7. The van der Waals surface area contributed by atoms with Crippen LogP contribution in [0.5, 0.6) is 5.75 Å². The van der Waals surface area contributed by atoms with Gasteiger partial charge in [0.15, 0.2) is 0 Å². The number of ether oxygens (including phenoxy) is 1. The molecule has 2 N–H and O–H groups in total. The third kappa shape index (κ3) is 7.08. The second kappa shape index (κ2) is 10.7. The number of aryl methyl sites for hydroxylation is 1. The summed E-state index contributed by atoms with van der Waals surface area (Å²) in [4.78, 5) is 4.58. The minimum absolute atomic E-state index is 0.205. The zero-order valence-corrected chi connectivity index (χ0v) is 17.4. The zero-order valence-electron chi connectivity index (χ0n) is 17.4. The number of hydrogen-bond donors (Lipinski definition) is 2. The van der Waals surface area contributed by atoms with Crippen molar-refractivity contribution in [2.45, 2.75) is 26.1 Å². The van der Waals surface area contributed by atoms with Crippen LogP contribution in [0.15, 0.2) is 42.5 Å². The molecule has 1 fully saturated rings. The lowest BCUT2D eigenvalue weighted by molar-refractivity contribution is 0.0505. The van der Waals surface area contributed by atoms with E-state index >= 15 is 0 Å². The fourth-order valence-corrected chi connectivity index (χ4v) is 3.45. The van der Waals surface area contributed by atoms with E-state index in [2.05, 4.69) is 22.2 Å². The van der Waals surface area contributed by atoms with Gasteiger partial charge in [0.25, 0.3) is 0 Å². The van der Waals surface area contributed by atoms with Crippen molar-refractivity contribution in [2.24, 2.45) is 0 Å². The van der Waals surface area contributed by atoms with E-state index in [0.717, 1.165) is 48.6 Å². The van der Waals surface area contributed by atoms with E-state index in [0.29, 0.717) is 26.2 Å². The maximum absolute atomic E-state index is 13.4. The Morgan fingerprint density at radius 2 is 1.79 bits per heavy atom. The molecular weight excluding hydrogens is 369 g/mol. The van der Waals surface area contributed by atoms with Crippen LogP contribution in [0, 0.1) is 12.7 Å². The summed E-state index contributed by atoms with van der Waals surface area (Å²) in [5.74, 6) is 0.552. The van der Waals surface area contributed by atoms with Crippen molar-refractivity contribution in [3.8, 4) is 5.75 Å². The molecule has 0 radical (unpaired) electrons. The SMILES string of the molecule is Cc1ccc(F)cc1CNCc1ccc(OCC(O)CN2CCN(C)CC2)cc1. The lowest BCUT2D eigenvalue weighted by atomic mass is 10.1. The van der Waals surface area contributed by atoms with E-state index < -0.39 is 6.10 Å². The van der Waals surface area contributed by atoms with E-state index in [-0.39, 0.29) is 5.82 Å². The highest BCUT2D eigenvalue weighted by Crippen LogP contribution is 2.14. The monoisotopic (exact) mass is 401 g/mol. The molecule has 29 heavy (non-hydrogen) atoms. The molecule has 0 saturated carbocycles. The molecule has 6 heteroatoms. The van der Waals surface area contributed by atoms with Crippen LogP contribution in [0.25, 0.3) is 0 Å². The average Bonchev–Trinajstić information content (AvgIpc) is 2.72. The number of rotatable bonds is 9. The van der Waals surface area contributed by atoms with Crippen LogP contribution in [0.1, 0.15) is 16.7 Å². The average molecular weight is 402 g/mol. The van der Waals surface area contributed by atoms with Crippen molar-refractivity contribution in [3.05, 3.63) is 65.0 Å². The van der Waals surface area contributed by atoms with Gasteiger partial charge < -0.3 is 20.1 Å². The molecule has 2 aromatic rings. The number of piperazine rings is 1. The van der Waals surface area contributed by atoms with Crippen LogP contribution in [0.3, 0.4) is 0 Å². The van der Waals surface area contributed by atoms with Gasteiger partial charge in [0.2, 0.25) is 0 Å². The van der Waals surface area contributed by atoms with Gasteiger partial charge in [-0.2, -0.15) is 0 Å². The minimum Gasteiger partial charge on any atom is -0.491 e. The first-order valence-electron chi connectivity index (χ1n) is 10.3. The van der Waals surface area contributed by atoms with Crippen LogP contribution in [0.4, 0.5) is 4.39 Å². The molecule has 3 rings (SSSR count). The van der Waals surface area contributed by atoms with Crippen LogP contribution >= 0.6 is 0 Å². The summed E-state index contributed by atoms with van der Waals surface area (Å²) >= 11 is 0. The van der Waals surface area contributed by atoms with E-state index in [1.807, 2.05) is 31.2 Å². The fraction of sp³-hybridized carbons (Fsp3) is 0.478. The van der Waals surface area contributed by atoms with Crippen LogP contribution in [0.2, 0.25) is 0 Å².